The second-order valence-corrected chi connectivity index (χ2v) is 7.53. The first-order valence-electron chi connectivity index (χ1n) is 8.85. The van der Waals surface area contributed by atoms with Crippen molar-refractivity contribution in [3.8, 4) is 0 Å². The van der Waals surface area contributed by atoms with Gasteiger partial charge >= 0.3 is 0 Å². The Morgan fingerprint density at radius 3 is 2.76 bits per heavy atom. The minimum absolute atomic E-state index is 0.0203. The highest BCUT2D eigenvalue weighted by Crippen LogP contribution is 2.38. The van der Waals surface area contributed by atoms with Crippen molar-refractivity contribution in [2.45, 2.75) is 69.9 Å². The van der Waals surface area contributed by atoms with Crippen molar-refractivity contribution in [3.63, 3.8) is 0 Å². The minimum Gasteiger partial charge on any atom is -0.388 e. The predicted molar refractivity (Wildman–Crippen MR) is 82.8 cm³/mol. The molecule has 3 rings (SSSR count). The fourth-order valence-electron chi connectivity index (χ4n) is 4.64. The molecular weight excluding hydrogens is 264 g/mol. The third-order valence-corrected chi connectivity index (χ3v) is 6.23. The summed E-state index contributed by atoms with van der Waals surface area (Å²) in [4.78, 5) is 12.4. The van der Waals surface area contributed by atoms with Crippen LogP contribution in [0.3, 0.4) is 0 Å². The minimum atomic E-state index is -0.672. The second kappa shape index (κ2) is 6.25. The lowest BCUT2D eigenvalue weighted by Gasteiger charge is -2.36. The van der Waals surface area contributed by atoms with Crippen LogP contribution in [-0.2, 0) is 4.79 Å². The average molecular weight is 294 g/mol. The summed E-state index contributed by atoms with van der Waals surface area (Å²) in [5, 5.41) is 17.0. The third kappa shape index (κ3) is 3.26. The van der Waals surface area contributed by atoms with Gasteiger partial charge in [0.1, 0.15) is 0 Å². The van der Waals surface area contributed by atoms with E-state index in [1.54, 1.807) is 0 Å². The maximum absolute atomic E-state index is 12.4. The maximum atomic E-state index is 12.4. The van der Waals surface area contributed by atoms with Crippen LogP contribution in [0.15, 0.2) is 0 Å². The normalized spacial score (nSPS) is 42.8. The van der Waals surface area contributed by atoms with Crippen LogP contribution in [0.25, 0.3) is 0 Å². The quantitative estimate of drug-likeness (QED) is 0.741. The highest BCUT2D eigenvalue weighted by Gasteiger charge is 2.43. The second-order valence-electron chi connectivity index (χ2n) is 7.53. The van der Waals surface area contributed by atoms with Crippen LogP contribution >= 0.6 is 0 Å². The number of nitrogens with one attached hydrogen (secondary N) is 2. The lowest BCUT2D eigenvalue weighted by atomic mass is 9.78. The van der Waals surface area contributed by atoms with Gasteiger partial charge in [0.25, 0.3) is 0 Å². The Morgan fingerprint density at radius 1 is 1.29 bits per heavy atom. The van der Waals surface area contributed by atoms with Crippen LogP contribution in [0.1, 0.15) is 58.3 Å². The number of rotatable bonds is 4. The number of aliphatic hydroxyl groups is 1. The van der Waals surface area contributed by atoms with Gasteiger partial charge in [-0.3, -0.25) is 4.79 Å². The molecule has 0 bridgehead atoms. The number of fused-ring (bicyclic) bond motifs is 1. The first-order valence-corrected chi connectivity index (χ1v) is 8.85. The van der Waals surface area contributed by atoms with Crippen molar-refractivity contribution in [2.75, 3.05) is 13.1 Å². The zero-order valence-electron chi connectivity index (χ0n) is 13.2. The van der Waals surface area contributed by atoms with Crippen LogP contribution in [0.4, 0.5) is 0 Å². The maximum Gasteiger partial charge on any atom is 0.237 e. The van der Waals surface area contributed by atoms with Crippen LogP contribution in [0.2, 0.25) is 0 Å². The van der Waals surface area contributed by atoms with Crippen molar-refractivity contribution in [1.29, 1.82) is 0 Å². The zero-order valence-corrected chi connectivity index (χ0v) is 13.2. The fourth-order valence-corrected chi connectivity index (χ4v) is 4.64. The summed E-state index contributed by atoms with van der Waals surface area (Å²) < 4.78 is 0. The van der Waals surface area contributed by atoms with E-state index >= 15 is 0 Å². The van der Waals surface area contributed by atoms with Gasteiger partial charge in [-0.25, -0.2) is 0 Å². The highest BCUT2D eigenvalue weighted by molar-refractivity contribution is 5.82. The molecule has 2 saturated carbocycles. The number of amides is 1. The van der Waals surface area contributed by atoms with E-state index in [9.17, 15) is 9.90 Å². The topological polar surface area (TPSA) is 61.4 Å². The number of carbonyl (C=O) groups excluding carboxylic acids is 1. The van der Waals surface area contributed by atoms with Gasteiger partial charge in [-0.05, 0) is 62.8 Å². The Bertz CT molecular complexity index is 377. The van der Waals surface area contributed by atoms with Gasteiger partial charge in [0.05, 0.1) is 11.6 Å². The number of hydrogen-bond acceptors (Lipinski definition) is 3. The van der Waals surface area contributed by atoms with Gasteiger partial charge in [-0.15, -0.1) is 0 Å². The fraction of sp³-hybridized carbons (Fsp3) is 0.941. The Morgan fingerprint density at radius 2 is 2.05 bits per heavy atom. The van der Waals surface area contributed by atoms with E-state index in [1.165, 1.54) is 25.7 Å². The lowest BCUT2D eigenvalue weighted by molar-refractivity contribution is -0.125. The van der Waals surface area contributed by atoms with Crippen LogP contribution in [0.5, 0.6) is 0 Å². The lowest BCUT2D eigenvalue weighted by Crippen LogP contribution is -2.50. The van der Waals surface area contributed by atoms with Gasteiger partial charge < -0.3 is 15.7 Å². The smallest absolute Gasteiger partial charge is 0.237 e. The molecular formula is C17H30N2O2. The van der Waals surface area contributed by atoms with Crippen LogP contribution in [-0.4, -0.2) is 35.7 Å². The van der Waals surface area contributed by atoms with Gasteiger partial charge in [0.15, 0.2) is 0 Å². The molecule has 0 aromatic rings. The van der Waals surface area contributed by atoms with Gasteiger partial charge in [0.2, 0.25) is 5.91 Å². The Labute approximate surface area is 128 Å². The molecule has 4 heteroatoms. The largest absolute Gasteiger partial charge is 0.388 e. The van der Waals surface area contributed by atoms with Crippen molar-refractivity contribution in [2.24, 2.45) is 17.8 Å². The molecule has 3 N–H and O–H groups in total. The molecule has 0 aromatic heterocycles. The Hall–Kier alpha value is -0.610. The monoisotopic (exact) mass is 294 g/mol. The van der Waals surface area contributed by atoms with Crippen molar-refractivity contribution in [3.05, 3.63) is 0 Å². The summed E-state index contributed by atoms with van der Waals surface area (Å²) in [6.45, 7) is 3.64. The van der Waals surface area contributed by atoms with E-state index in [2.05, 4.69) is 17.6 Å². The van der Waals surface area contributed by atoms with Crippen molar-refractivity contribution < 1.29 is 9.90 Å². The average Bonchev–Trinajstić information content (AvgIpc) is 3.08. The molecule has 2 aliphatic carbocycles. The predicted octanol–water partition coefficient (Wildman–Crippen LogP) is 1.82. The van der Waals surface area contributed by atoms with E-state index in [0.717, 1.165) is 38.1 Å². The summed E-state index contributed by atoms with van der Waals surface area (Å²) in [5.74, 6) is 2.09. The molecule has 1 saturated heterocycles. The SMILES string of the molecule is CCC1CCC(O)(CNC(=O)C2NCC3CCCC32)CC1. The van der Waals surface area contributed by atoms with E-state index < -0.39 is 5.60 Å². The molecule has 3 fully saturated rings. The molecule has 4 nitrogen and oxygen atoms in total. The van der Waals surface area contributed by atoms with E-state index in [1.807, 2.05) is 0 Å². The molecule has 1 aliphatic heterocycles. The highest BCUT2D eigenvalue weighted by atomic mass is 16.3. The Kier molecular flexibility index (Phi) is 4.55. The third-order valence-electron chi connectivity index (χ3n) is 6.23. The molecule has 1 amide bonds. The van der Waals surface area contributed by atoms with Crippen LogP contribution < -0.4 is 10.6 Å². The first-order chi connectivity index (χ1) is 10.1. The number of carbonyl (C=O) groups is 1. The molecule has 3 atom stereocenters. The molecule has 0 aromatic carbocycles. The van der Waals surface area contributed by atoms with Crippen LogP contribution in [0, 0.1) is 17.8 Å². The Balaban J connectivity index is 1.47. The van der Waals surface area contributed by atoms with Gasteiger partial charge in [-0.1, -0.05) is 19.8 Å². The van der Waals surface area contributed by atoms with Gasteiger partial charge in [-0.2, -0.15) is 0 Å². The van der Waals surface area contributed by atoms with Crippen molar-refractivity contribution in [1.82, 2.24) is 10.6 Å². The summed E-state index contributed by atoms with van der Waals surface area (Å²) in [7, 11) is 0. The standard InChI is InChI=1S/C17H30N2O2/c1-2-12-6-8-17(21,9-7-12)11-19-16(20)15-14-5-3-4-13(14)10-18-15/h12-15,18,21H,2-11H2,1H3,(H,19,20). The molecule has 0 spiro atoms. The molecule has 21 heavy (non-hydrogen) atoms. The molecule has 3 aliphatic rings. The molecule has 0 radical (unpaired) electrons. The summed E-state index contributed by atoms with van der Waals surface area (Å²) in [5.41, 5.74) is -0.672. The van der Waals surface area contributed by atoms with Gasteiger partial charge in [0, 0.05) is 6.54 Å². The van der Waals surface area contributed by atoms with Crippen molar-refractivity contribution >= 4 is 5.91 Å². The summed E-state index contributed by atoms with van der Waals surface area (Å²) in [6, 6.07) is -0.0203. The summed E-state index contributed by atoms with van der Waals surface area (Å²) >= 11 is 0. The van der Waals surface area contributed by atoms with E-state index in [0.29, 0.717) is 18.4 Å². The first kappa shape index (κ1) is 15.3. The molecule has 120 valence electrons. The zero-order chi connectivity index (χ0) is 14.9. The molecule has 1 heterocycles. The van der Waals surface area contributed by atoms with E-state index in [4.69, 9.17) is 0 Å². The number of hydrogen-bond donors (Lipinski definition) is 3. The summed E-state index contributed by atoms with van der Waals surface area (Å²) in [6.07, 6.45) is 8.76. The van der Waals surface area contributed by atoms with E-state index in [-0.39, 0.29) is 11.9 Å². The molecule has 3 unspecified atom stereocenters.